The molecule has 2 fully saturated rings. The van der Waals surface area contributed by atoms with Gasteiger partial charge in [0.1, 0.15) is 0 Å². The molecule has 0 radical (unpaired) electrons. The fourth-order valence-corrected chi connectivity index (χ4v) is 3.48. The first-order chi connectivity index (χ1) is 11.3. The summed E-state index contributed by atoms with van der Waals surface area (Å²) in [5.41, 5.74) is 1.41. The van der Waals surface area contributed by atoms with Gasteiger partial charge < -0.3 is 10.1 Å². The van der Waals surface area contributed by atoms with E-state index in [-0.39, 0.29) is 35.7 Å². The minimum Gasteiger partial charge on any atom is -0.463 e. The van der Waals surface area contributed by atoms with Gasteiger partial charge in [-0.3, -0.25) is 9.59 Å². The van der Waals surface area contributed by atoms with Crippen LogP contribution in [0.15, 0.2) is 24.3 Å². The molecule has 24 heavy (non-hydrogen) atoms. The number of carbonyl (C=O) groups excluding carboxylic acids is 3. The van der Waals surface area contributed by atoms with Crippen molar-refractivity contribution in [3.8, 4) is 0 Å². The molecule has 3 atom stereocenters. The third kappa shape index (κ3) is 2.46. The van der Waals surface area contributed by atoms with Gasteiger partial charge in [0.15, 0.2) is 0 Å². The van der Waals surface area contributed by atoms with Gasteiger partial charge >= 0.3 is 5.97 Å². The number of piperidine rings is 1. The average Bonchev–Trinajstić information content (AvgIpc) is 2.98. The number of hydrogen-bond donors (Lipinski definition) is 1. The van der Waals surface area contributed by atoms with Crippen molar-refractivity contribution in [2.24, 2.45) is 17.3 Å². The molecule has 1 saturated heterocycles. The number of nitrogens with one attached hydrogen (secondary N) is 1. The van der Waals surface area contributed by atoms with Crippen LogP contribution in [0.4, 0.5) is 5.69 Å². The van der Waals surface area contributed by atoms with Gasteiger partial charge in [-0.05, 0) is 31.4 Å². The zero-order valence-electron chi connectivity index (χ0n) is 14.3. The van der Waals surface area contributed by atoms with E-state index in [9.17, 15) is 14.4 Å². The van der Waals surface area contributed by atoms with Crippen molar-refractivity contribution in [3.05, 3.63) is 29.8 Å². The Labute approximate surface area is 141 Å². The van der Waals surface area contributed by atoms with Gasteiger partial charge in [0.25, 0.3) is 0 Å². The zero-order chi connectivity index (χ0) is 17.6. The maximum atomic E-state index is 12.6. The summed E-state index contributed by atoms with van der Waals surface area (Å²) >= 11 is 0. The molecule has 0 spiro atoms. The van der Waals surface area contributed by atoms with Gasteiger partial charge in [-0.2, -0.15) is 0 Å². The van der Waals surface area contributed by atoms with Crippen LogP contribution in [0.3, 0.4) is 0 Å². The van der Waals surface area contributed by atoms with E-state index < -0.39 is 12.1 Å². The van der Waals surface area contributed by atoms with Crippen LogP contribution in [0.2, 0.25) is 0 Å². The highest BCUT2D eigenvalue weighted by molar-refractivity contribution is 6.12. The van der Waals surface area contributed by atoms with Gasteiger partial charge in [0.05, 0.1) is 18.4 Å². The number of imide groups is 1. The first-order valence-corrected chi connectivity index (χ1v) is 8.15. The van der Waals surface area contributed by atoms with Crippen LogP contribution in [0.5, 0.6) is 0 Å². The summed E-state index contributed by atoms with van der Waals surface area (Å²) in [5.74, 6) is -1.89. The first-order valence-electron chi connectivity index (χ1n) is 8.15. The summed E-state index contributed by atoms with van der Waals surface area (Å²) in [7, 11) is 0. The summed E-state index contributed by atoms with van der Waals surface area (Å²) in [6, 6.07) is 7.38. The van der Waals surface area contributed by atoms with E-state index >= 15 is 0 Å². The highest BCUT2D eigenvalue weighted by Gasteiger charge is 2.73. The van der Waals surface area contributed by atoms with Crippen molar-refractivity contribution in [2.45, 2.75) is 33.9 Å². The predicted molar refractivity (Wildman–Crippen MR) is 87.8 cm³/mol. The molecule has 3 rings (SSSR count). The van der Waals surface area contributed by atoms with Crippen molar-refractivity contribution in [2.75, 3.05) is 11.9 Å². The zero-order valence-corrected chi connectivity index (χ0v) is 14.3. The Kier molecular flexibility index (Phi) is 3.86. The Bertz CT molecular complexity index is 671. The molecular weight excluding hydrogens is 308 g/mol. The highest BCUT2D eigenvalue weighted by Crippen LogP contribution is 2.63. The van der Waals surface area contributed by atoms with E-state index in [0.29, 0.717) is 5.69 Å². The number of amides is 2. The third-order valence-electron chi connectivity index (χ3n) is 4.96. The molecule has 1 aromatic carbocycles. The minimum absolute atomic E-state index is 0.180. The molecule has 1 heterocycles. The van der Waals surface area contributed by atoms with Crippen LogP contribution in [-0.4, -0.2) is 35.5 Å². The van der Waals surface area contributed by atoms with E-state index in [1.54, 1.807) is 19.1 Å². The van der Waals surface area contributed by atoms with Crippen molar-refractivity contribution in [1.29, 1.82) is 0 Å². The molecule has 1 saturated carbocycles. The summed E-state index contributed by atoms with van der Waals surface area (Å²) in [6.07, 6.45) is -1.13. The fraction of sp³-hybridized carbons (Fsp3) is 0.500. The van der Waals surface area contributed by atoms with Gasteiger partial charge in [-0.25, -0.2) is 9.69 Å². The standard InChI is InChI=1S/C18H22N2O4/c1-5-24-17(23)14(19-11-8-6-10(2)7-9-11)20-15(21)12-13(16(20)22)18(12,3)4/h6-9,12-14,19H,5H2,1-4H3. The molecule has 1 N–H and O–H groups in total. The maximum Gasteiger partial charge on any atom is 0.350 e. The summed E-state index contributed by atoms with van der Waals surface area (Å²) in [5, 5.41) is 2.97. The monoisotopic (exact) mass is 330 g/mol. The molecule has 0 aromatic heterocycles. The third-order valence-corrected chi connectivity index (χ3v) is 4.96. The fourth-order valence-electron chi connectivity index (χ4n) is 3.48. The maximum absolute atomic E-state index is 12.6. The van der Waals surface area contributed by atoms with Crippen molar-refractivity contribution >= 4 is 23.5 Å². The SMILES string of the molecule is CCOC(=O)C(Nc1ccc(C)cc1)N1C(=O)C2C(C1=O)C2(C)C. The van der Waals surface area contributed by atoms with Crippen LogP contribution in [-0.2, 0) is 19.1 Å². The van der Waals surface area contributed by atoms with Crippen LogP contribution >= 0.6 is 0 Å². The second kappa shape index (κ2) is 5.61. The van der Waals surface area contributed by atoms with Gasteiger partial charge in [-0.1, -0.05) is 31.5 Å². The number of rotatable bonds is 5. The smallest absolute Gasteiger partial charge is 0.350 e. The van der Waals surface area contributed by atoms with Gasteiger partial charge in [-0.15, -0.1) is 0 Å². The van der Waals surface area contributed by atoms with Crippen molar-refractivity contribution in [1.82, 2.24) is 4.90 Å². The summed E-state index contributed by atoms with van der Waals surface area (Å²) in [6.45, 7) is 7.63. The van der Waals surface area contributed by atoms with E-state index in [4.69, 9.17) is 4.74 Å². The van der Waals surface area contributed by atoms with E-state index in [0.717, 1.165) is 10.5 Å². The summed E-state index contributed by atoms with van der Waals surface area (Å²) < 4.78 is 5.06. The van der Waals surface area contributed by atoms with Crippen molar-refractivity contribution < 1.29 is 19.1 Å². The molecule has 1 aliphatic heterocycles. The van der Waals surface area contributed by atoms with Crippen molar-refractivity contribution in [3.63, 3.8) is 0 Å². The van der Waals surface area contributed by atoms with E-state index in [1.165, 1.54) is 0 Å². The van der Waals surface area contributed by atoms with Gasteiger partial charge in [0.2, 0.25) is 18.0 Å². The molecular formula is C18H22N2O4. The number of ether oxygens (including phenoxy) is 1. The Balaban J connectivity index is 1.86. The second-order valence-corrected chi connectivity index (χ2v) is 6.99. The lowest BCUT2D eigenvalue weighted by atomic mass is 10.1. The predicted octanol–water partition coefficient (Wildman–Crippen LogP) is 1.94. The normalized spacial score (nSPS) is 25.2. The van der Waals surface area contributed by atoms with Crippen LogP contribution < -0.4 is 5.32 Å². The topological polar surface area (TPSA) is 75.7 Å². The number of likely N-dealkylation sites (tertiary alicyclic amines) is 1. The number of nitrogens with zero attached hydrogens (tertiary/aromatic N) is 1. The first kappa shape index (κ1) is 16.5. The Morgan fingerprint density at radius 1 is 1.21 bits per heavy atom. The molecule has 6 nitrogen and oxygen atoms in total. The molecule has 0 bridgehead atoms. The van der Waals surface area contributed by atoms with Crippen LogP contribution in [0, 0.1) is 24.2 Å². The number of anilines is 1. The quantitative estimate of drug-likeness (QED) is 0.659. The van der Waals surface area contributed by atoms with Crippen LogP contribution in [0.25, 0.3) is 0 Å². The Morgan fingerprint density at radius 2 is 1.75 bits per heavy atom. The molecule has 1 aromatic rings. The molecule has 3 unspecified atom stereocenters. The number of fused-ring (bicyclic) bond motifs is 1. The number of aryl methyl sites for hydroxylation is 1. The largest absolute Gasteiger partial charge is 0.463 e. The Hall–Kier alpha value is -2.37. The van der Waals surface area contributed by atoms with E-state index in [2.05, 4.69) is 5.32 Å². The number of carbonyl (C=O) groups is 3. The lowest BCUT2D eigenvalue weighted by molar-refractivity contribution is -0.158. The molecule has 2 aliphatic rings. The summed E-state index contributed by atoms with van der Waals surface area (Å²) in [4.78, 5) is 38.6. The number of benzene rings is 1. The molecule has 128 valence electrons. The lowest BCUT2D eigenvalue weighted by Gasteiger charge is -2.29. The molecule has 6 heteroatoms. The van der Waals surface area contributed by atoms with Gasteiger partial charge in [0, 0.05) is 5.69 Å². The molecule has 1 aliphatic carbocycles. The Morgan fingerprint density at radius 3 is 2.25 bits per heavy atom. The molecule has 2 amide bonds. The number of hydrogen-bond acceptors (Lipinski definition) is 5. The van der Waals surface area contributed by atoms with Crippen LogP contribution in [0.1, 0.15) is 26.3 Å². The highest BCUT2D eigenvalue weighted by atomic mass is 16.5. The second-order valence-electron chi connectivity index (χ2n) is 6.99. The minimum atomic E-state index is -1.13. The average molecular weight is 330 g/mol. The number of esters is 1. The lowest BCUT2D eigenvalue weighted by Crippen LogP contribution is -2.52. The van der Waals surface area contributed by atoms with E-state index in [1.807, 2.05) is 32.9 Å².